The lowest BCUT2D eigenvalue weighted by Gasteiger charge is -2.20. The van der Waals surface area contributed by atoms with Gasteiger partial charge in [0.2, 0.25) is 0 Å². The molecule has 90 valence electrons. The summed E-state index contributed by atoms with van der Waals surface area (Å²) in [4.78, 5) is 11.0. The molecule has 0 aliphatic heterocycles. The summed E-state index contributed by atoms with van der Waals surface area (Å²) >= 11 is 0. The van der Waals surface area contributed by atoms with E-state index in [1.165, 1.54) is 0 Å². The Kier molecular flexibility index (Phi) is 7.39. The van der Waals surface area contributed by atoms with Gasteiger partial charge in [-0.05, 0) is 24.8 Å². The quantitative estimate of drug-likeness (QED) is 0.654. The van der Waals surface area contributed by atoms with E-state index in [1.807, 2.05) is 0 Å². The van der Waals surface area contributed by atoms with Crippen LogP contribution in [-0.4, -0.2) is 23.7 Å². The van der Waals surface area contributed by atoms with Gasteiger partial charge >= 0.3 is 5.97 Å². The molecule has 0 bridgehead atoms. The fourth-order valence-corrected chi connectivity index (χ4v) is 1.63. The van der Waals surface area contributed by atoms with Crippen LogP contribution in [-0.2, 0) is 4.79 Å². The van der Waals surface area contributed by atoms with Gasteiger partial charge in [-0.2, -0.15) is 0 Å². The summed E-state index contributed by atoms with van der Waals surface area (Å²) in [5.41, 5.74) is 0. The largest absolute Gasteiger partial charge is 0.480 e. The van der Waals surface area contributed by atoms with Gasteiger partial charge in [0, 0.05) is 0 Å². The van der Waals surface area contributed by atoms with Crippen LogP contribution < -0.4 is 5.32 Å². The lowest BCUT2D eigenvalue weighted by Crippen LogP contribution is -2.40. The molecule has 0 aliphatic carbocycles. The maximum absolute atomic E-state index is 11.0. The molecule has 0 amide bonds. The van der Waals surface area contributed by atoms with Gasteiger partial charge < -0.3 is 10.4 Å². The molecule has 3 heteroatoms. The standard InChI is InChI=1S/C12H25NO2/c1-5-10(6-2)8-13-11(12(14)15)7-9(3)4/h9-11,13H,5-8H2,1-4H3,(H,14,15)/t11-/m0/s1. The minimum absolute atomic E-state index is 0.384. The minimum atomic E-state index is -0.727. The van der Waals surface area contributed by atoms with Gasteiger partial charge in [-0.15, -0.1) is 0 Å². The number of nitrogens with one attached hydrogen (secondary N) is 1. The van der Waals surface area contributed by atoms with Crippen molar-refractivity contribution in [3.63, 3.8) is 0 Å². The van der Waals surface area contributed by atoms with Crippen LogP contribution in [0.25, 0.3) is 0 Å². The Hall–Kier alpha value is -0.570. The number of carbonyl (C=O) groups is 1. The van der Waals surface area contributed by atoms with E-state index >= 15 is 0 Å². The molecule has 0 aliphatic rings. The molecule has 0 unspecified atom stereocenters. The number of carboxylic acids is 1. The van der Waals surface area contributed by atoms with Gasteiger partial charge in [0.05, 0.1) is 0 Å². The normalized spacial score (nSPS) is 13.5. The topological polar surface area (TPSA) is 49.3 Å². The average molecular weight is 215 g/mol. The first kappa shape index (κ1) is 14.4. The zero-order chi connectivity index (χ0) is 11.8. The summed E-state index contributed by atoms with van der Waals surface area (Å²) in [5.74, 6) is 0.286. The lowest BCUT2D eigenvalue weighted by atomic mass is 10.0. The zero-order valence-corrected chi connectivity index (χ0v) is 10.4. The third kappa shape index (κ3) is 6.50. The van der Waals surface area contributed by atoms with E-state index in [0.29, 0.717) is 18.3 Å². The number of hydrogen-bond acceptors (Lipinski definition) is 2. The van der Waals surface area contributed by atoms with Crippen molar-refractivity contribution in [1.82, 2.24) is 5.32 Å². The van der Waals surface area contributed by atoms with Crippen molar-refractivity contribution in [3.8, 4) is 0 Å². The first-order chi connectivity index (χ1) is 7.01. The van der Waals surface area contributed by atoms with E-state index in [1.54, 1.807) is 0 Å². The van der Waals surface area contributed by atoms with Gasteiger partial charge in [-0.1, -0.05) is 40.5 Å². The Morgan fingerprint density at radius 3 is 2.13 bits per heavy atom. The number of aliphatic carboxylic acids is 1. The minimum Gasteiger partial charge on any atom is -0.480 e. The highest BCUT2D eigenvalue weighted by molar-refractivity contribution is 5.73. The predicted octanol–water partition coefficient (Wildman–Crippen LogP) is 2.51. The molecular formula is C12H25NO2. The van der Waals surface area contributed by atoms with Crippen molar-refractivity contribution < 1.29 is 9.90 Å². The molecule has 2 N–H and O–H groups in total. The lowest BCUT2D eigenvalue weighted by molar-refractivity contribution is -0.140. The van der Waals surface area contributed by atoms with Crippen LogP contribution in [0, 0.1) is 11.8 Å². The summed E-state index contributed by atoms with van der Waals surface area (Å²) in [6, 6.07) is -0.384. The highest BCUT2D eigenvalue weighted by atomic mass is 16.4. The first-order valence-electron chi connectivity index (χ1n) is 5.97. The molecule has 3 nitrogen and oxygen atoms in total. The van der Waals surface area contributed by atoms with Crippen molar-refractivity contribution in [1.29, 1.82) is 0 Å². The van der Waals surface area contributed by atoms with Crippen LogP contribution >= 0.6 is 0 Å². The molecule has 0 heterocycles. The molecule has 15 heavy (non-hydrogen) atoms. The third-order valence-corrected chi connectivity index (χ3v) is 2.81. The van der Waals surface area contributed by atoms with Crippen LogP contribution in [0.1, 0.15) is 47.0 Å². The van der Waals surface area contributed by atoms with Gasteiger partial charge in [0.1, 0.15) is 6.04 Å². The number of hydrogen-bond donors (Lipinski definition) is 2. The smallest absolute Gasteiger partial charge is 0.320 e. The fraction of sp³-hybridized carbons (Fsp3) is 0.917. The highest BCUT2D eigenvalue weighted by Crippen LogP contribution is 2.09. The van der Waals surface area contributed by atoms with E-state index in [2.05, 4.69) is 33.0 Å². The summed E-state index contributed by atoms with van der Waals surface area (Å²) in [6.07, 6.45) is 2.92. The first-order valence-corrected chi connectivity index (χ1v) is 5.97. The summed E-state index contributed by atoms with van der Waals surface area (Å²) < 4.78 is 0. The van der Waals surface area contributed by atoms with Gasteiger partial charge in [-0.25, -0.2) is 0 Å². The predicted molar refractivity (Wildman–Crippen MR) is 63.0 cm³/mol. The number of carboxylic acid groups (broad SMARTS) is 1. The summed E-state index contributed by atoms with van der Waals surface area (Å²) in [5, 5.41) is 12.2. The SMILES string of the molecule is CCC(CC)CN[C@@H](CC(C)C)C(=O)O. The van der Waals surface area contributed by atoms with E-state index in [0.717, 1.165) is 19.4 Å². The maximum Gasteiger partial charge on any atom is 0.320 e. The number of rotatable bonds is 8. The molecule has 1 atom stereocenters. The Morgan fingerprint density at radius 1 is 1.27 bits per heavy atom. The van der Waals surface area contributed by atoms with Crippen LogP contribution in [0.15, 0.2) is 0 Å². The van der Waals surface area contributed by atoms with Crippen molar-refractivity contribution in [2.24, 2.45) is 11.8 Å². The highest BCUT2D eigenvalue weighted by Gasteiger charge is 2.18. The molecule has 0 saturated heterocycles. The van der Waals surface area contributed by atoms with Gasteiger partial charge in [-0.3, -0.25) is 4.79 Å². The Balaban J connectivity index is 4.00. The van der Waals surface area contributed by atoms with E-state index in [9.17, 15) is 4.79 Å². The van der Waals surface area contributed by atoms with E-state index in [-0.39, 0.29) is 6.04 Å². The maximum atomic E-state index is 11.0. The average Bonchev–Trinajstić information content (AvgIpc) is 2.16. The van der Waals surface area contributed by atoms with Crippen molar-refractivity contribution in [2.45, 2.75) is 53.0 Å². The molecule has 0 spiro atoms. The fourth-order valence-electron chi connectivity index (χ4n) is 1.63. The zero-order valence-electron chi connectivity index (χ0n) is 10.4. The molecule has 0 aromatic heterocycles. The Morgan fingerprint density at radius 2 is 1.80 bits per heavy atom. The second kappa shape index (κ2) is 7.69. The Labute approximate surface area is 93.3 Å². The monoisotopic (exact) mass is 215 g/mol. The summed E-state index contributed by atoms with van der Waals surface area (Å²) in [7, 11) is 0. The second-order valence-electron chi connectivity index (χ2n) is 4.61. The van der Waals surface area contributed by atoms with Crippen LogP contribution in [0.4, 0.5) is 0 Å². The van der Waals surface area contributed by atoms with Crippen molar-refractivity contribution in [3.05, 3.63) is 0 Å². The molecule has 0 aromatic rings. The van der Waals surface area contributed by atoms with Crippen molar-refractivity contribution in [2.75, 3.05) is 6.54 Å². The van der Waals surface area contributed by atoms with Crippen LogP contribution in [0.5, 0.6) is 0 Å². The van der Waals surface area contributed by atoms with Crippen LogP contribution in [0.3, 0.4) is 0 Å². The van der Waals surface area contributed by atoms with E-state index < -0.39 is 5.97 Å². The van der Waals surface area contributed by atoms with Crippen molar-refractivity contribution >= 4 is 5.97 Å². The Bertz CT molecular complexity index is 176. The van der Waals surface area contributed by atoms with E-state index in [4.69, 9.17) is 5.11 Å². The molecular weight excluding hydrogens is 190 g/mol. The van der Waals surface area contributed by atoms with Gasteiger partial charge in [0.25, 0.3) is 0 Å². The second-order valence-corrected chi connectivity index (χ2v) is 4.61. The molecule has 0 fully saturated rings. The molecule has 0 saturated carbocycles. The van der Waals surface area contributed by atoms with Crippen LogP contribution in [0.2, 0.25) is 0 Å². The van der Waals surface area contributed by atoms with Gasteiger partial charge in [0.15, 0.2) is 0 Å². The molecule has 0 radical (unpaired) electrons. The summed E-state index contributed by atoms with van der Waals surface area (Å²) in [6.45, 7) is 9.21. The third-order valence-electron chi connectivity index (χ3n) is 2.81. The molecule has 0 aromatic carbocycles. The molecule has 0 rings (SSSR count).